The van der Waals surface area contributed by atoms with Gasteiger partial charge in [-0.3, -0.25) is 9.52 Å². The minimum atomic E-state index is -1.90. The molecule has 3 N–H and O–H groups in total. The molecule has 0 fully saturated rings. The van der Waals surface area contributed by atoms with E-state index in [9.17, 15) is 14.1 Å². The molecule has 0 heterocycles. The van der Waals surface area contributed by atoms with E-state index in [1.54, 1.807) is 6.92 Å². The number of aryl methyl sites for hydroxylation is 1. The second-order valence-electron chi connectivity index (χ2n) is 10.4. The van der Waals surface area contributed by atoms with Crippen molar-refractivity contribution in [3.63, 3.8) is 0 Å². The summed E-state index contributed by atoms with van der Waals surface area (Å²) >= 11 is -1.90. The molecule has 1 atom stereocenters. The van der Waals surface area contributed by atoms with E-state index in [0.29, 0.717) is 29.5 Å². The lowest BCUT2D eigenvalue weighted by atomic mass is 9.88. The first-order valence-electron chi connectivity index (χ1n) is 13.1. The molecule has 0 saturated carbocycles. The van der Waals surface area contributed by atoms with Crippen molar-refractivity contribution in [1.82, 2.24) is 5.32 Å². The highest BCUT2D eigenvalue weighted by molar-refractivity contribution is 7.82. The van der Waals surface area contributed by atoms with Gasteiger partial charge in [0.2, 0.25) is 0 Å². The third-order valence-electron chi connectivity index (χ3n) is 6.33. The Bertz CT molecular complexity index is 1030. The van der Waals surface area contributed by atoms with Gasteiger partial charge in [0.25, 0.3) is 5.91 Å². The molecule has 1 unspecified atom stereocenters. The van der Waals surface area contributed by atoms with Gasteiger partial charge in [-0.25, -0.2) is 0 Å². The van der Waals surface area contributed by atoms with Crippen molar-refractivity contribution in [3.8, 4) is 11.5 Å². The number of amides is 1. The van der Waals surface area contributed by atoms with Crippen LogP contribution in [0.3, 0.4) is 0 Å². The first kappa shape index (κ1) is 29.7. The molecule has 6 nitrogen and oxygen atoms in total. The summed E-state index contributed by atoms with van der Waals surface area (Å²) in [5.41, 5.74) is 4.54. The van der Waals surface area contributed by atoms with Gasteiger partial charge in [-0.1, -0.05) is 79.9 Å². The summed E-state index contributed by atoms with van der Waals surface area (Å²) in [5.74, 6) is 0.925. The molecule has 0 aliphatic heterocycles. The Labute approximate surface area is 220 Å². The minimum Gasteiger partial charge on any atom is -0.507 e. The number of rotatable bonds is 13. The summed E-state index contributed by atoms with van der Waals surface area (Å²) in [6, 6.07) is 7.31. The molecule has 0 aromatic heterocycles. The fraction of sp³-hybridized carbons (Fsp3) is 0.552. The lowest BCUT2D eigenvalue weighted by Gasteiger charge is -2.22. The first-order valence-corrected chi connectivity index (χ1v) is 14.2. The Morgan fingerprint density at radius 3 is 2.08 bits per heavy atom. The van der Waals surface area contributed by atoms with Gasteiger partial charge in [0.15, 0.2) is 0 Å². The number of aromatic hydroxyl groups is 1. The van der Waals surface area contributed by atoms with E-state index >= 15 is 0 Å². The normalized spacial score (nSPS) is 12.3. The van der Waals surface area contributed by atoms with Gasteiger partial charge in [0, 0.05) is 6.54 Å². The Kier molecular flexibility index (Phi) is 11.3. The molecule has 0 spiro atoms. The van der Waals surface area contributed by atoms with E-state index < -0.39 is 11.3 Å². The lowest BCUT2D eigenvalue weighted by molar-refractivity contribution is 0.0950. The van der Waals surface area contributed by atoms with Gasteiger partial charge in [0.05, 0.1) is 11.3 Å². The number of unbranched alkanes of at least 4 members (excludes halogenated alkanes) is 3. The number of hydrogen-bond acceptors (Lipinski definition) is 4. The van der Waals surface area contributed by atoms with Gasteiger partial charge in [-0.2, -0.15) is 4.21 Å². The quantitative estimate of drug-likeness (QED) is 0.191. The number of hydrogen-bond donors (Lipinski definition) is 3. The summed E-state index contributed by atoms with van der Waals surface area (Å²) < 4.78 is 22.1. The van der Waals surface area contributed by atoms with Crippen molar-refractivity contribution in [2.45, 2.75) is 98.8 Å². The molecule has 2 rings (SSSR count). The number of carbonyl (C=O) groups excluding carboxylic acids is 1. The summed E-state index contributed by atoms with van der Waals surface area (Å²) in [6.45, 7) is 17.2. The molecule has 0 bridgehead atoms. The van der Waals surface area contributed by atoms with Gasteiger partial charge >= 0.3 is 11.3 Å². The summed E-state index contributed by atoms with van der Waals surface area (Å²) in [6.07, 6.45) is 4.19. The van der Waals surface area contributed by atoms with Crippen molar-refractivity contribution in [2.75, 3.05) is 11.3 Å². The lowest BCUT2D eigenvalue weighted by Crippen LogP contribution is -2.25. The maximum Gasteiger partial charge on any atom is 0.316 e. The zero-order chi connectivity index (χ0) is 27.0. The Morgan fingerprint density at radius 2 is 1.56 bits per heavy atom. The van der Waals surface area contributed by atoms with Crippen LogP contribution in [0.5, 0.6) is 11.5 Å². The molecular formula is C29H44N2O4S. The molecule has 0 radical (unpaired) electrons. The average molecular weight is 517 g/mol. The summed E-state index contributed by atoms with van der Waals surface area (Å²) in [4.78, 5) is 12.7. The van der Waals surface area contributed by atoms with Crippen LogP contribution < -0.4 is 14.2 Å². The average Bonchev–Trinajstić information content (AvgIpc) is 2.80. The number of phenols is 1. The van der Waals surface area contributed by atoms with E-state index in [4.69, 9.17) is 4.18 Å². The zero-order valence-electron chi connectivity index (χ0n) is 23.2. The van der Waals surface area contributed by atoms with Crippen LogP contribution in [0.4, 0.5) is 5.69 Å². The SMILES string of the molecule is CCCCCCNC(=O)c1cc(NS(=O)Oc2c(C(C)C)cc(C(C)C)cc2C(C)C)c(C)cc1O. The molecule has 200 valence electrons. The number of benzene rings is 2. The van der Waals surface area contributed by atoms with Crippen LogP contribution in [0.2, 0.25) is 0 Å². The van der Waals surface area contributed by atoms with E-state index in [2.05, 4.69) is 70.6 Å². The fourth-order valence-corrected chi connectivity index (χ4v) is 4.79. The highest BCUT2D eigenvalue weighted by Gasteiger charge is 2.21. The van der Waals surface area contributed by atoms with Crippen molar-refractivity contribution in [1.29, 1.82) is 0 Å². The third kappa shape index (κ3) is 7.99. The second kappa shape index (κ2) is 13.7. The van der Waals surface area contributed by atoms with Gasteiger partial charge in [0.1, 0.15) is 11.5 Å². The first-order chi connectivity index (χ1) is 17.0. The monoisotopic (exact) mass is 516 g/mol. The van der Waals surface area contributed by atoms with Crippen molar-refractivity contribution in [2.24, 2.45) is 0 Å². The standard InChI is InChI=1S/C29H44N2O4S/c1-9-10-11-12-13-30-29(33)25-17-26(21(8)14-27(25)32)31-36(34)35-28-23(19(4)5)15-22(18(2)3)16-24(28)20(6)7/h14-20,31-32H,9-13H2,1-8H3,(H,30,33). The maximum absolute atomic E-state index is 13.2. The van der Waals surface area contributed by atoms with Gasteiger partial charge in [-0.05, 0) is 65.5 Å². The van der Waals surface area contributed by atoms with Crippen molar-refractivity contribution >= 4 is 22.9 Å². The Morgan fingerprint density at radius 1 is 0.944 bits per heavy atom. The Hall–Kier alpha value is -2.54. The van der Waals surface area contributed by atoms with Crippen LogP contribution in [-0.4, -0.2) is 21.8 Å². The topological polar surface area (TPSA) is 87.7 Å². The molecule has 0 aliphatic carbocycles. The summed E-state index contributed by atoms with van der Waals surface area (Å²) in [7, 11) is 0. The van der Waals surface area contributed by atoms with Crippen LogP contribution in [0.1, 0.15) is 125 Å². The number of phenolic OH excluding ortho intramolecular Hbond substituents is 1. The second-order valence-corrected chi connectivity index (χ2v) is 11.3. The van der Waals surface area contributed by atoms with E-state index in [-0.39, 0.29) is 29.1 Å². The summed E-state index contributed by atoms with van der Waals surface area (Å²) in [5, 5.41) is 13.2. The van der Waals surface area contributed by atoms with Crippen molar-refractivity contribution in [3.05, 3.63) is 52.1 Å². The number of anilines is 1. The fourth-order valence-electron chi connectivity index (χ4n) is 4.01. The van der Waals surface area contributed by atoms with Crippen LogP contribution in [-0.2, 0) is 11.3 Å². The van der Waals surface area contributed by atoms with Crippen LogP contribution in [0.15, 0.2) is 24.3 Å². The molecule has 36 heavy (non-hydrogen) atoms. The molecule has 2 aromatic rings. The Balaban J connectivity index is 2.27. The third-order valence-corrected chi connectivity index (χ3v) is 7.04. The molecule has 7 heteroatoms. The smallest absolute Gasteiger partial charge is 0.316 e. The minimum absolute atomic E-state index is 0.107. The molecule has 0 saturated heterocycles. The molecule has 0 aliphatic rings. The largest absolute Gasteiger partial charge is 0.507 e. The predicted molar refractivity (Wildman–Crippen MR) is 150 cm³/mol. The molecular weight excluding hydrogens is 472 g/mol. The highest BCUT2D eigenvalue weighted by atomic mass is 32.2. The van der Waals surface area contributed by atoms with E-state index in [0.717, 1.165) is 36.8 Å². The maximum atomic E-state index is 13.2. The van der Waals surface area contributed by atoms with Crippen LogP contribution >= 0.6 is 0 Å². The highest BCUT2D eigenvalue weighted by Crippen LogP contribution is 2.38. The van der Waals surface area contributed by atoms with Crippen LogP contribution in [0.25, 0.3) is 0 Å². The molecule has 1 amide bonds. The predicted octanol–water partition coefficient (Wildman–Crippen LogP) is 7.45. The number of carbonyl (C=O) groups is 1. The molecule has 2 aromatic carbocycles. The van der Waals surface area contributed by atoms with Crippen LogP contribution in [0, 0.1) is 6.92 Å². The zero-order valence-corrected chi connectivity index (χ0v) is 24.0. The van der Waals surface area contributed by atoms with Crippen molar-refractivity contribution < 1.29 is 18.3 Å². The van der Waals surface area contributed by atoms with Gasteiger partial charge < -0.3 is 14.6 Å². The van der Waals surface area contributed by atoms with E-state index in [1.807, 2.05) is 0 Å². The number of nitrogens with one attached hydrogen (secondary N) is 2. The van der Waals surface area contributed by atoms with Gasteiger partial charge in [-0.15, -0.1) is 0 Å². The van der Waals surface area contributed by atoms with E-state index in [1.165, 1.54) is 17.7 Å².